The van der Waals surface area contributed by atoms with Gasteiger partial charge in [-0.05, 0) is 26.8 Å². The van der Waals surface area contributed by atoms with E-state index in [2.05, 4.69) is 29.6 Å². The summed E-state index contributed by atoms with van der Waals surface area (Å²) < 4.78 is 7.73. The van der Waals surface area contributed by atoms with Crippen molar-refractivity contribution in [1.82, 2.24) is 14.8 Å². The molecule has 1 aliphatic heterocycles. The lowest BCUT2D eigenvalue weighted by Crippen LogP contribution is -2.48. The molecule has 0 radical (unpaired) electrons. The van der Waals surface area contributed by atoms with E-state index in [9.17, 15) is 4.79 Å². The molecule has 1 aromatic rings. The maximum atomic E-state index is 12.0. The molecular formula is C18H34N4O3Si. The minimum atomic E-state index is -1.07. The molecule has 2 heterocycles. The Morgan fingerprint density at radius 2 is 1.85 bits per heavy atom. The lowest BCUT2D eigenvalue weighted by Gasteiger charge is -2.35. The van der Waals surface area contributed by atoms with Gasteiger partial charge >= 0.3 is 5.97 Å². The van der Waals surface area contributed by atoms with Crippen LogP contribution in [0.5, 0.6) is 0 Å². The minimum absolute atomic E-state index is 0.188. The van der Waals surface area contributed by atoms with Crippen molar-refractivity contribution in [3.05, 3.63) is 12.3 Å². The fourth-order valence-corrected chi connectivity index (χ4v) is 3.24. The third-order valence-corrected chi connectivity index (χ3v) is 6.00. The van der Waals surface area contributed by atoms with E-state index in [-0.39, 0.29) is 5.97 Å². The van der Waals surface area contributed by atoms with Gasteiger partial charge in [0.2, 0.25) is 0 Å². The average molecular weight is 383 g/mol. The number of piperazine rings is 1. The van der Waals surface area contributed by atoms with Crippen LogP contribution in [0.25, 0.3) is 0 Å². The van der Waals surface area contributed by atoms with Crippen molar-refractivity contribution in [3.8, 4) is 0 Å². The molecule has 2 rings (SSSR count). The molecule has 0 N–H and O–H groups in total. The van der Waals surface area contributed by atoms with Crippen LogP contribution in [0.1, 0.15) is 20.8 Å². The quantitative estimate of drug-likeness (QED) is 0.534. The number of nitrogens with zero attached hydrogens (tertiary/aromatic N) is 4. The maximum Gasteiger partial charge on any atom is 0.330 e. The van der Waals surface area contributed by atoms with Crippen LogP contribution < -0.4 is 4.90 Å². The van der Waals surface area contributed by atoms with E-state index >= 15 is 0 Å². The lowest BCUT2D eigenvalue weighted by molar-refractivity contribution is -0.201. The normalized spacial score (nSPS) is 16.8. The van der Waals surface area contributed by atoms with Crippen LogP contribution >= 0.6 is 0 Å². The molecule has 0 saturated carbocycles. The highest BCUT2D eigenvalue weighted by Gasteiger charge is 2.28. The van der Waals surface area contributed by atoms with E-state index in [0.29, 0.717) is 19.8 Å². The first-order chi connectivity index (χ1) is 12.1. The predicted octanol–water partition coefficient (Wildman–Crippen LogP) is 2.82. The molecule has 1 saturated heterocycles. The highest BCUT2D eigenvalue weighted by Crippen LogP contribution is 2.19. The van der Waals surface area contributed by atoms with Gasteiger partial charge in [-0.15, -0.1) is 5.06 Å². The Labute approximate surface area is 158 Å². The minimum Gasteiger partial charge on any atom is -0.367 e. The molecule has 0 bridgehead atoms. The first kappa shape index (κ1) is 20.9. The molecule has 7 nitrogen and oxygen atoms in total. The van der Waals surface area contributed by atoms with Crippen molar-refractivity contribution >= 4 is 19.9 Å². The number of hydrogen-bond acceptors (Lipinski definition) is 6. The average Bonchev–Trinajstić information content (AvgIpc) is 2.99. The molecule has 0 spiro atoms. The monoisotopic (exact) mass is 382 g/mol. The summed E-state index contributed by atoms with van der Waals surface area (Å²) in [4.78, 5) is 19.8. The smallest absolute Gasteiger partial charge is 0.330 e. The second-order valence-corrected chi connectivity index (χ2v) is 14.7. The lowest BCUT2D eigenvalue weighted by atomic mass is 9.98. The summed E-state index contributed by atoms with van der Waals surface area (Å²) >= 11 is 0. The van der Waals surface area contributed by atoms with E-state index in [1.165, 1.54) is 0 Å². The number of aromatic nitrogens is 2. The fraction of sp³-hybridized carbons (Fsp3) is 0.778. The molecule has 0 aromatic carbocycles. The zero-order valence-electron chi connectivity index (χ0n) is 17.1. The Balaban J connectivity index is 1.81. The van der Waals surface area contributed by atoms with Crippen LogP contribution in [0.4, 0.5) is 5.82 Å². The van der Waals surface area contributed by atoms with Crippen molar-refractivity contribution in [2.24, 2.45) is 5.41 Å². The molecule has 8 heteroatoms. The number of hydrogen-bond donors (Lipinski definition) is 0. The van der Waals surface area contributed by atoms with Gasteiger partial charge in [0.1, 0.15) is 12.5 Å². The second-order valence-electron chi connectivity index (χ2n) is 9.08. The molecular weight excluding hydrogens is 348 g/mol. The summed E-state index contributed by atoms with van der Waals surface area (Å²) in [5, 5.41) is 6.15. The number of ether oxygens (including phenoxy) is 1. The first-order valence-electron chi connectivity index (χ1n) is 9.38. The van der Waals surface area contributed by atoms with E-state index < -0.39 is 13.5 Å². The molecule has 0 unspecified atom stereocenters. The summed E-state index contributed by atoms with van der Waals surface area (Å²) in [6, 6.07) is 3.17. The van der Waals surface area contributed by atoms with E-state index in [4.69, 9.17) is 9.57 Å². The van der Waals surface area contributed by atoms with Gasteiger partial charge in [-0.2, -0.15) is 5.10 Å². The van der Waals surface area contributed by atoms with Crippen molar-refractivity contribution in [2.75, 3.05) is 37.7 Å². The molecule has 0 aliphatic carbocycles. The molecule has 1 aromatic heterocycles. The predicted molar refractivity (Wildman–Crippen MR) is 106 cm³/mol. The van der Waals surface area contributed by atoms with Crippen LogP contribution in [0.2, 0.25) is 25.7 Å². The zero-order valence-corrected chi connectivity index (χ0v) is 18.1. The van der Waals surface area contributed by atoms with Crippen LogP contribution in [-0.4, -0.2) is 61.7 Å². The molecule has 148 valence electrons. The zero-order chi connectivity index (χ0) is 19.4. The standard InChI is InChI=1S/C18H34N4O3Si/c1-18(2,3)17(23)25-21-11-9-20(10-12-21)16-7-8-19-22(16)15-24-13-14-26(4,5)6/h7-8H,9-15H2,1-6H3. The largest absolute Gasteiger partial charge is 0.367 e. The van der Waals surface area contributed by atoms with Gasteiger partial charge in [-0.25, -0.2) is 9.48 Å². The molecule has 0 amide bonds. The van der Waals surface area contributed by atoms with E-state index in [0.717, 1.165) is 31.6 Å². The van der Waals surface area contributed by atoms with Gasteiger partial charge in [0.15, 0.2) is 0 Å². The summed E-state index contributed by atoms with van der Waals surface area (Å²) in [7, 11) is -1.07. The molecule has 26 heavy (non-hydrogen) atoms. The Morgan fingerprint density at radius 3 is 2.42 bits per heavy atom. The van der Waals surface area contributed by atoms with Crippen molar-refractivity contribution in [2.45, 2.75) is 53.2 Å². The number of carbonyl (C=O) groups excluding carboxylic acids is 1. The number of hydroxylamine groups is 2. The van der Waals surface area contributed by atoms with Crippen LogP contribution in [0.15, 0.2) is 12.3 Å². The third kappa shape index (κ3) is 6.41. The molecule has 0 atom stereocenters. The third-order valence-electron chi connectivity index (χ3n) is 4.29. The second kappa shape index (κ2) is 8.54. The number of rotatable bonds is 7. The summed E-state index contributed by atoms with van der Waals surface area (Å²) in [5.41, 5.74) is -0.483. The molecule has 1 fully saturated rings. The van der Waals surface area contributed by atoms with Gasteiger partial charge in [-0.3, -0.25) is 0 Å². The van der Waals surface area contributed by atoms with Gasteiger partial charge in [0.05, 0.1) is 24.7 Å². The first-order valence-corrected chi connectivity index (χ1v) is 13.1. The number of anilines is 1. The van der Waals surface area contributed by atoms with Crippen LogP contribution in [0, 0.1) is 5.41 Å². The Morgan fingerprint density at radius 1 is 1.19 bits per heavy atom. The highest BCUT2D eigenvalue weighted by atomic mass is 28.3. The van der Waals surface area contributed by atoms with Crippen molar-refractivity contribution in [3.63, 3.8) is 0 Å². The van der Waals surface area contributed by atoms with Gasteiger partial charge < -0.3 is 14.5 Å². The summed E-state index contributed by atoms with van der Waals surface area (Å²) in [6.07, 6.45) is 1.81. The van der Waals surface area contributed by atoms with Crippen molar-refractivity contribution < 1.29 is 14.4 Å². The van der Waals surface area contributed by atoms with E-state index in [1.54, 1.807) is 5.06 Å². The maximum absolute atomic E-state index is 12.0. The Hall–Kier alpha value is -1.38. The Bertz CT molecular complexity index is 584. The summed E-state index contributed by atoms with van der Waals surface area (Å²) in [5.74, 6) is 0.867. The van der Waals surface area contributed by atoms with Crippen LogP contribution in [0.3, 0.4) is 0 Å². The number of carbonyl (C=O) groups is 1. The molecule has 1 aliphatic rings. The fourth-order valence-electron chi connectivity index (χ4n) is 2.49. The van der Waals surface area contributed by atoms with Gasteiger partial charge in [-0.1, -0.05) is 19.6 Å². The van der Waals surface area contributed by atoms with Gasteiger partial charge in [0.25, 0.3) is 0 Å². The Kier molecular flexibility index (Phi) is 6.87. The van der Waals surface area contributed by atoms with Crippen LogP contribution in [-0.2, 0) is 21.1 Å². The van der Waals surface area contributed by atoms with Gasteiger partial charge in [0, 0.05) is 33.8 Å². The highest BCUT2D eigenvalue weighted by molar-refractivity contribution is 6.76. The van der Waals surface area contributed by atoms with E-state index in [1.807, 2.05) is 37.7 Å². The SMILES string of the molecule is CC(C)(C)C(=O)ON1CCN(c2ccnn2COCC[Si](C)(C)C)CC1. The topological polar surface area (TPSA) is 59.8 Å². The van der Waals surface area contributed by atoms with Crippen molar-refractivity contribution in [1.29, 1.82) is 0 Å². The summed E-state index contributed by atoms with van der Waals surface area (Å²) in [6.45, 7) is 16.9.